The summed E-state index contributed by atoms with van der Waals surface area (Å²) in [4.78, 5) is 2.15. The normalized spacial score (nSPS) is 20.6. The van der Waals surface area contributed by atoms with Crippen molar-refractivity contribution in [3.8, 4) is 0 Å². The zero-order chi connectivity index (χ0) is 16.2. The highest BCUT2D eigenvalue weighted by Crippen LogP contribution is 2.24. The second-order valence-electron chi connectivity index (χ2n) is 6.05. The van der Waals surface area contributed by atoms with E-state index >= 15 is 0 Å². The average Bonchev–Trinajstić information content (AvgIpc) is 3.04. The van der Waals surface area contributed by atoms with Crippen LogP contribution >= 0.6 is 0 Å². The van der Waals surface area contributed by atoms with Gasteiger partial charge in [0.15, 0.2) is 0 Å². The highest BCUT2D eigenvalue weighted by molar-refractivity contribution is 5.21. The number of likely N-dealkylation sites (tertiary alicyclic amines) is 1. The van der Waals surface area contributed by atoms with Gasteiger partial charge in [0.05, 0.1) is 12.6 Å². The molecular weight excluding hydrogens is 300 g/mol. The quantitative estimate of drug-likeness (QED) is 0.921. The Morgan fingerprint density at radius 2 is 2.17 bits per heavy atom. The summed E-state index contributed by atoms with van der Waals surface area (Å²) in [6, 6.07) is 5.32. The van der Waals surface area contributed by atoms with Gasteiger partial charge in [-0.1, -0.05) is 6.42 Å². The van der Waals surface area contributed by atoms with Crippen LogP contribution in [0.25, 0.3) is 0 Å². The molecule has 124 valence electrons. The molecule has 0 aliphatic carbocycles. The van der Waals surface area contributed by atoms with Crippen molar-refractivity contribution in [1.29, 1.82) is 0 Å². The predicted octanol–water partition coefficient (Wildman–Crippen LogP) is 2.75. The molecule has 0 amide bonds. The molecule has 6 heteroatoms. The molecule has 1 saturated heterocycles. The monoisotopic (exact) mass is 321 g/mol. The van der Waals surface area contributed by atoms with Crippen LogP contribution in [0.15, 0.2) is 36.7 Å². The fraction of sp³-hybridized carbons (Fsp3) is 0.471. The predicted molar refractivity (Wildman–Crippen MR) is 82.8 cm³/mol. The summed E-state index contributed by atoms with van der Waals surface area (Å²) in [5.41, 5.74) is 0.0217. The fourth-order valence-electron chi connectivity index (χ4n) is 3.22. The molecule has 2 aromatic rings. The van der Waals surface area contributed by atoms with Crippen LogP contribution in [0.5, 0.6) is 0 Å². The van der Waals surface area contributed by atoms with Crippen molar-refractivity contribution in [2.24, 2.45) is 0 Å². The third-order valence-electron chi connectivity index (χ3n) is 4.43. The van der Waals surface area contributed by atoms with Gasteiger partial charge in [0.25, 0.3) is 0 Å². The van der Waals surface area contributed by atoms with E-state index in [1.807, 2.05) is 16.9 Å². The molecule has 23 heavy (non-hydrogen) atoms. The molecule has 4 nitrogen and oxygen atoms in total. The minimum atomic E-state index is -1.04. The summed E-state index contributed by atoms with van der Waals surface area (Å²) in [5, 5.41) is 14.6. The number of halogens is 2. The van der Waals surface area contributed by atoms with Crippen LogP contribution in [0, 0.1) is 11.6 Å². The standard InChI is InChI=1S/C17H21F2N3O/c18-13-5-6-16(19)15(10-13)17(23)12-21-8-2-1-4-14(21)11-22-9-3-7-20-22/h3,5-7,9-10,14,17,23H,1-2,4,8,11-12H2/t14-,17-/m1/s1. The van der Waals surface area contributed by atoms with Crippen molar-refractivity contribution in [1.82, 2.24) is 14.7 Å². The van der Waals surface area contributed by atoms with E-state index < -0.39 is 17.7 Å². The number of aromatic nitrogens is 2. The van der Waals surface area contributed by atoms with Crippen molar-refractivity contribution in [2.45, 2.75) is 38.0 Å². The molecule has 0 radical (unpaired) electrons. The number of hydrogen-bond acceptors (Lipinski definition) is 3. The molecule has 1 N–H and O–H groups in total. The lowest BCUT2D eigenvalue weighted by Gasteiger charge is -2.37. The van der Waals surface area contributed by atoms with E-state index in [2.05, 4.69) is 10.00 Å². The Kier molecular flexibility index (Phi) is 5.03. The van der Waals surface area contributed by atoms with Crippen molar-refractivity contribution in [2.75, 3.05) is 13.1 Å². The molecule has 0 bridgehead atoms. The van der Waals surface area contributed by atoms with Crippen molar-refractivity contribution in [3.05, 3.63) is 53.9 Å². The zero-order valence-electron chi connectivity index (χ0n) is 12.9. The molecule has 0 spiro atoms. The van der Waals surface area contributed by atoms with E-state index in [0.717, 1.165) is 50.6 Å². The lowest BCUT2D eigenvalue weighted by Crippen LogP contribution is -2.44. The summed E-state index contributed by atoms with van der Waals surface area (Å²) in [5.74, 6) is -1.10. The first kappa shape index (κ1) is 16.1. The van der Waals surface area contributed by atoms with Gasteiger partial charge in [-0.15, -0.1) is 0 Å². The third-order valence-corrected chi connectivity index (χ3v) is 4.43. The molecule has 1 aliphatic rings. The summed E-state index contributed by atoms with van der Waals surface area (Å²) in [6.45, 7) is 1.89. The number of piperidine rings is 1. The Morgan fingerprint density at radius 3 is 2.96 bits per heavy atom. The molecule has 2 atom stereocenters. The van der Waals surface area contributed by atoms with Gasteiger partial charge in [-0.25, -0.2) is 8.78 Å². The van der Waals surface area contributed by atoms with Gasteiger partial charge in [0, 0.05) is 30.5 Å². The topological polar surface area (TPSA) is 41.3 Å². The van der Waals surface area contributed by atoms with Crippen LogP contribution in [0.4, 0.5) is 8.78 Å². The van der Waals surface area contributed by atoms with Crippen molar-refractivity contribution >= 4 is 0 Å². The van der Waals surface area contributed by atoms with E-state index in [1.165, 1.54) is 0 Å². The van der Waals surface area contributed by atoms with Gasteiger partial charge >= 0.3 is 0 Å². The van der Waals surface area contributed by atoms with Gasteiger partial charge in [0.2, 0.25) is 0 Å². The summed E-state index contributed by atoms with van der Waals surface area (Å²) >= 11 is 0. The molecule has 1 fully saturated rings. The molecule has 3 rings (SSSR count). The van der Waals surface area contributed by atoms with Crippen LogP contribution < -0.4 is 0 Å². The summed E-state index contributed by atoms with van der Waals surface area (Å²) in [6.07, 6.45) is 5.81. The number of aliphatic hydroxyl groups is 1. The lowest BCUT2D eigenvalue weighted by atomic mass is 10.00. The molecule has 1 aromatic carbocycles. The second-order valence-corrected chi connectivity index (χ2v) is 6.05. The van der Waals surface area contributed by atoms with Crippen LogP contribution in [0.2, 0.25) is 0 Å². The Bertz CT molecular complexity index is 633. The maximum atomic E-state index is 13.8. The Balaban J connectivity index is 1.69. The van der Waals surface area contributed by atoms with Crippen molar-refractivity contribution < 1.29 is 13.9 Å². The van der Waals surface area contributed by atoms with E-state index in [9.17, 15) is 13.9 Å². The molecule has 0 saturated carbocycles. The Morgan fingerprint density at radius 1 is 1.30 bits per heavy atom. The van der Waals surface area contributed by atoms with Gasteiger partial charge in [0.1, 0.15) is 11.6 Å². The first-order chi connectivity index (χ1) is 11.1. The minimum absolute atomic E-state index is 0.0217. The molecular formula is C17H21F2N3O. The largest absolute Gasteiger partial charge is 0.387 e. The van der Waals surface area contributed by atoms with Crippen LogP contribution in [-0.2, 0) is 6.54 Å². The Labute approximate surface area is 134 Å². The SMILES string of the molecule is O[C@H](CN1CCCC[C@@H]1Cn1cccn1)c1cc(F)ccc1F. The molecule has 0 unspecified atom stereocenters. The summed E-state index contributed by atoms with van der Waals surface area (Å²) in [7, 11) is 0. The smallest absolute Gasteiger partial charge is 0.129 e. The zero-order valence-corrected chi connectivity index (χ0v) is 12.9. The maximum Gasteiger partial charge on any atom is 0.129 e. The van der Waals surface area contributed by atoms with E-state index in [-0.39, 0.29) is 11.6 Å². The van der Waals surface area contributed by atoms with Gasteiger partial charge in [-0.2, -0.15) is 5.10 Å². The van der Waals surface area contributed by atoms with Gasteiger partial charge in [-0.05, 0) is 43.7 Å². The van der Waals surface area contributed by atoms with E-state index in [1.54, 1.807) is 6.20 Å². The number of hydrogen-bond donors (Lipinski definition) is 1. The number of rotatable bonds is 5. The molecule has 2 heterocycles. The highest BCUT2D eigenvalue weighted by atomic mass is 19.1. The van der Waals surface area contributed by atoms with Crippen molar-refractivity contribution in [3.63, 3.8) is 0 Å². The highest BCUT2D eigenvalue weighted by Gasteiger charge is 2.26. The first-order valence-electron chi connectivity index (χ1n) is 7.98. The lowest BCUT2D eigenvalue weighted by molar-refractivity contribution is 0.0573. The number of aliphatic hydroxyl groups excluding tert-OH is 1. The molecule has 1 aliphatic heterocycles. The number of β-amino-alcohol motifs (C(OH)–C–C–N with tert-alkyl or cyclic N) is 1. The average molecular weight is 321 g/mol. The first-order valence-corrected chi connectivity index (χ1v) is 7.98. The van der Waals surface area contributed by atoms with Crippen LogP contribution in [-0.4, -0.2) is 38.9 Å². The van der Waals surface area contributed by atoms with Gasteiger partial charge < -0.3 is 5.11 Å². The van der Waals surface area contributed by atoms with E-state index in [4.69, 9.17) is 0 Å². The summed E-state index contributed by atoms with van der Waals surface area (Å²) < 4.78 is 29.0. The third kappa shape index (κ3) is 3.95. The molecule has 1 aromatic heterocycles. The minimum Gasteiger partial charge on any atom is -0.387 e. The second kappa shape index (κ2) is 7.19. The number of benzene rings is 1. The Hall–Kier alpha value is -1.79. The van der Waals surface area contributed by atoms with Crippen LogP contribution in [0.1, 0.15) is 30.9 Å². The maximum absolute atomic E-state index is 13.8. The van der Waals surface area contributed by atoms with Gasteiger partial charge in [-0.3, -0.25) is 9.58 Å². The van der Waals surface area contributed by atoms with E-state index in [0.29, 0.717) is 6.54 Å². The number of nitrogens with zero attached hydrogens (tertiary/aromatic N) is 3. The fourth-order valence-corrected chi connectivity index (χ4v) is 3.22. The van der Waals surface area contributed by atoms with Crippen LogP contribution in [0.3, 0.4) is 0 Å².